The minimum Gasteiger partial charge on any atom is -0.497 e. The van der Waals surface area contributed by atoms with E-state index in [2.05, 4.69) is 0 Å². The van der Waals surface area contributed by atoms with E-state index in [-0.39, 0.29) is 12.5 Å². The largest absolute Gasteiger partial charge is 0.497 e. The summed E-state index contributed by atoms with van der Waals surface area (Å²) in [4.78, 5) is 25.0. The van der Waals surface area contributed by atoms with Gasteiger partial charge in [0, 0.05) is 7.05 Å². The summed E-state index contributed by atoms with van der Waals surface area (Å²) in [5.74, 6) is -0.396. The van der Waals surface area contributed by atoms with Gasteiger partial charge < -0.3 is 14.7 Å². The quantitative estimate of drug-likeness (QED) is 0.901. The van der Waals surface area contributed by atoms with Crippen LogP contribution >= 0.6 is 0 Å². The highest BCUT2D eigenvalue weighted by molar-refractivity contribution is 5.90. The summed E-state index contributed by atoms with van der Waals surface area (Å²) >= 11 is 0. The zero-order valence-electron chi connectivity index (χ0n) is 12.5. The second-order valence-electron chi connectivity index (χ2n) is 5.58. The molecule has 1 saturated carbocycles. The molecule has 21 heavy (non-hydrogen) atoms. The number of hydrogen-bond donors (Lipinski definition) is 1. The third kappa shape index (κ3) is 3.01. The highest BCUT2D eigenvalue weighted by Gasteiger charge is 2.44. The van der Waals surface area contributed by atoms with Crippen LogP contribution in [0.4, 0.5) is 0 Å². The van der Waals surface area contributed by atoms with E-state index in [1.54, 1.807) is 14.2 Å². The summed E-state index contributed by atoms with van der Waals surface area (Å²) in [6, 6.07) is 7.54. The molecule has 114 valence electrons. The number of nitrogens with zero attached hydrogens (tertiary/aromatic N) is 1. The molecule has 1 aliphatic carbocycles. The van der Waals surface area contributed by atoms with Gasteiger partial charge in [-0.15, -0.1) is 0 Å². The van der Waals surface area contributed by atoms with Crippen LogP contribution in [0.3, 0.4) is 0 Å². The van der Waals surface area contributed by atoms with Crippen molar-refractivity contribution in [2.45, 2.75) is 31.1 Å². The number of carboxylic acid groups (broad SMARTS) is 1. The third-order valence-electron chi connectivity index (χ3n) is 4.21. The lowest BCUT2D eigenvalue weighted by molar-refractivity contribution is -0.146. The molecule has 1 N–H and O–H groups in total. The molecule has 0 saturated heterocycles. The number of carboxylic acids is 1. The van der Waals surface area contributed by atoms with Crippen LogP contribution in [-0.2, 0) is 15.0 Å². The van der Waals surface area contributed by atoms with Crippen molar-refractivity contribution in [2.24, 2.45) is 0 Å². The Hall–Kier alpha value is -2.04. The molecule has 5 nitrogen and oxygen atoms in total. The summed E-state index contributed by atoms with van der Waals surface area (Å²) in [7, 11) is 3.15. The van der Waals surface area contributed by atoms with Crippen LogP contribution in [0.5, 0.6) is 5.75 Å². The van der Waals surface area contributed by atoms with Crippen molar-refractivity contribution in [3.63, 3.8) is 0 Å². The van der Waals surface area contributed by atoms with Crippen molar-refractivity contribution in [1.82, 2.24) is 4.90 Å². The Balaban J connectivity index is 2.36. The van der Waals surface area contributed by atoms with Crippen LogP contribution in [0.15, 0.2) is 24.3 Å². The Morgan fingerprint density at radius 1 is 1.33 bits per heavy atom. The summed E-state index contributed by atoms with van der Waals surface area (Å²) in [5.41, 5.74) is 0.306. The molecular weight excluding hydrogens is 270 g/mol. The number of benzene rings is 1. The summed E-state index contributed by atoms with van der Waals surface area (Å²) in [6.45, 7) is -0.273. The lowest BCUT2D eigenvalue weighted by atomic mass is 9.77. The van der Waals surface area contributed by atoms with Gasteiger partial charge in [-0.3, -0.25) is 9.59 Å². The average Bonchev–Trinajstić information content (AvgIpc) is 2.96. The fraction of sp³-hybridized carbons (Fsp3) is 0.500. The average molecular weight is 291 g/mol. The number of likely N-dealkylation sites (N-methyl/N-ethyl adjacent to an activating group) is 1. The SMILES string of the molecule is COc1cccc(C2(C(=O)N(C)CC(=O)O)CCCC2)c1. The van der Waals surface area contributed by atoms with Crippen LogP contribution in [0, 0.1) is 0 Å². The first-order chi connectivity index (χ1) is 9.99. The molecule has 0 radical (unpaired) electrons. The van der Waals surface area contributed by atoms with Gasteiger partial charge in [0.25, 0.3) is 0 Å². The van der Waals surface area contributed by atoms with E-state index in [1.807, 2.05) is 24.3 Å². The second-order valence-corrected chi connectivity index (χ2v) is 5.58. The predicted molar refractivity (Wildman–Crippen MR) is 78.4 cm³/mol. The van der Waals surface area contributed by atoms with Crippen LogP contribution in [0.1, 0.15) is 31.2 Å². The van der Waals surface area contributed by atoms with Gasteiger partial charge in [0.2, 0.25) is 5.91 Å². The molecule has 0 aliphatic heterocycles. The monoisotopic (exact) mass is 291 g/mol. The molecule has 0 heterocycles. The first-order valence-electron chi connectivity index (χ1n) is 7.11. The molecule has 2 rings (SSSR count). The molecule has 1 aromatic rings. The van der Waals surface area contributed by atoms with E-state index < -0.39 is 11.4 Å². The van der Waals surface area contributed by atoms with Crippen LogP contribution < -0.4 is 4.74 Å². The fourth-order valence-electron chi connectivity index (χ4n) is 3.17. The second kappa shape index (κ2) is 6.16. The molecule has 0 atom stereocenters. The maximum Gasteiger partial charge on any atom is 0.323 e. The predicted octanol–water partition coefficient (Wildman–Crippen LogP) is 2.05. The van der Waals surface area contributed by atoms with Gasteiger partial charge in [0.15, 0.2) is 0 Å². The maximum atomic E-state index is 12.8. The highest BCUT2D eigenvalue weighted by atomic mass is 16.5. The lowest BCUT2D eigenvalue weighted by Gasteiger charge is -2.32. The molecule has 5 heteroatoms. The summed E-state index contributed by atoms with van der Waals surface area (Å²) in [5, 5.41) is 8.90. The number of amides is 1. The molecule has 1 aromatic carbocycles. The zero-order valence-corrected chi connectivity index (χ0v) is 12.5. The van der Waals surface area contributed by atoms with E-state index in [0.717, 1.165) is 31.2 Å². The normalized spacial score (nSPS) is 16.5. The van der Waals surface area contributed by atoms with Crippen molar-refractivity contribution in [1.29, 1.82) is 0 Å². The third-order valence-corrected chi connectivity index (χ3v) is 4.21. The Kier molecular flexibility index (Phi) is 4.50. The molecule has 1 aliphatic rings. The number of aliphatic carboxylic acids is 1. The molecule has 0 unspecified atom stereocenters. The van der Waals surface area contributed by atoms with E-state index in [9.17, 15) is 9.59 Å². The van der Waals surface area contributed by atoms with E-state index in [0.29, 0.717) is 5.75 Å². The van der Waals surface area contributed by atoms with Gasteiger partial charge in [-0.2, -0.15) is 0 Å². The number of rotatable bonds is 5. The first kappa shape index (κ1) is 15.4. The van der Waals surface area contributed by atoms with Crippen molar-refractivity contribution in [3.8, 4) is 5.75 Å². The van der Waals surface area contributed by atoms with E-state index in [4.69, 9.17) is 9.84 Å². The molecular formula is C16H21NO4. The molecule has 0 aromatic heterocycles. The van der Waals surface area contributed by atoms with Gasteiger partial charge in [-0.25, -0.2) is 0 Å². The van der Waals surface area contributed by atoms with E-state index >= 15 is 0 Å². The molecule has 1 fully saturated rings. The molecule has 0 bridgehead atoms. The van der Waals surface area contributed by atoms with Gasteiger partial charge in [0.05, 0.1) is 12.5 Å². The van der Waals surface area contributed by atoms with Crippen LogP contribution in [0.25, 0.3) is 0 Å². The minimum absolute atomic E-state index is 0.115. The molecule has 0 spiro atoms. The van der Waals surface area contributed by atoms with Gasteiger partial charge >= 0.3 is 5.97 Å². The number of carbonyl (C=O) groups excluding carboxylic acids is 1. The topological polar surface area (TPSA) is 66.8 Å². The van der Waals surface area contributed by atoms with Crippen LogP contribution in [0.2, 0.25) is 0 Å². The Morgan fingerprint density at radius 3 is 2.57 bits per heavy atom. The molecule has 1 amide bonds. The van der Waals surface area contributed by atoms with Crippen LogP contribution in [-0.4, -0.2) is 42.6 Å². The Morgan fingerprint density at radius 2 is 2.00 bits per heavy atom. The minimum atomic E-state index is -0.996. The van der Waals surface area contributed by atoms with Crippen molar-refractivity contribution in [3.05, 3.63) is 29.8 Å². The number of methoxy groups -OCH3 is 1. The fourth-order valence-corrected chi connectivity index (χ4v) is 3.17. The number of ether oxygens (including phenoxy) is 1. The van der Waals surface area contributed by atoms with Gasteiger partial charge in [-0.05, 0) is 30.5 Å². The summed E-state index contributed by atoms with van der Waals surface area (Å²) in [6.07, 6.45) is 3.46. The van der Waals surface area contributed by atoms with Gasteiger partial charge in [0.1, 0.15) is 12.3 Å². The lowest BCUT2D eigenvalue weighted by Crippen LogP contribution is -2.45. The number of hydrogen-bond acceptors (Lipinski definition) is 3. The zero-order chi connectivity index (χ0) is 15.5. The van der Waals surface area contributed by atoms with Gasteiger partial charge in [-0.1, -0.05) is 25.0 Å². The maximum absolute atomic E-state index is 12.8. The first-order valence-corrected chi connectivity index (χ1v) is 7.11. The Bertz CT molecular complexity index is 535. The van der Waals surface area contributed by atoms with Crippen molar-refractivity contribution < 1.29 is 19.4 Å². The van der Waals surface area contributed by atoms with Crippen molar-refractivity contribution in [2.75, 3.05) is 20.7 Å². The Labute approximate surface area is 124 Å². The highest BCUT2D eigenvalue weighted by Crippen LogP contribution is 2.43. The van der Waals surface area contributed by atoms with E-state index in [1.165, 1.54) is 4.90 Å². The number of carbonyl (C=O) groups is 2. The smallest absolute Gasteiger partial charge is 0.323 e. The standard InChI is InChI=1S/C16H21NO4/c1-17(11-14(18)19)15(20)16(8-3-4-9-16)12-6-5-7-13(10-12)21-2/h5-7,10H,3-4,8-9,11H2,1-2H3,(H,18,19). The van der Waals surface area contributed by atoms with Crippen molar-refractivity contribution >= 4 is 11.9 Å². The summed E-state index contributed by atoms with van der Waals surface area (Å²) < 4.78 is 5.25.